The fourth-order valence-corrected chi connectivity index (χ4v) is 3.40. The van der Waals surface area contributed by atoms with Crippen molar-refractivity contribution in [2.24, 2.45) is 5.92 Å². The minimum Gasteiger partial charge on any atom is -0.346 e. The maximum atomic E-state index is 13.2. The van der Waals surface area contributed by atoms with Crippen molar-refractivity contribution in [3.05, 3.63) is 60.2 Å². The highest BCUT2D eigenvalue weighted by Gasteiger charge is 2.27. The topological polar surface area (TPSA) is 90.5 Å². The van der Waals surface area contributed by atoms with E-state index < -0.39 is 17.5 Å². The summed E-state index contributed by atoms with van der Waals surface area (Å²) in [5, 5.41) is 7.77. The van der Waals surface area contributed by atoms with E-state index in [4.69, 9.17) is 0 Å². The van der Waals surface area contributed by atoms with Crippen LogP contribution >= 0.6 is 0 Å². The van der Waals surface area contributed by atoms with E-state index >= 15 is 0 Å². The van der Waals surface area contributed by atoms with Gasteiger partial charge < -0.3 is 16.0 Å². The molecule has 7 nitrogen and oxygen atoms in total. The minimum absolute atomic E-state index is 0.0631. The Kier molecular flexibility index (Phi) is 7.66. The van der Waals surface area contributed by atoms with E-state index in [0.717, 1.165) is 30.7 Å². The normalized spacial score (nSPS) is 16.4. The third-order valence-corrected chi connectivity index (χ3v) is 4.93. The molecule has 0 radical (unpaired) electrons. The number of rotatable bonds is 7. The van der Waals surface area contributed by atoms with E-state index in [2.05, 4.69) is 16.0 Å². The first kappa shape index (κ1) is 22.4. The molecule has 1 aliphatic heterocycles. The predicted octanol–water partition coefficient (Wildman–Crippen LogP) is 2.37. The van der Waals surface area contributed by atoms with Gasteiger partial charge >= 0.3 is 0 Å². The second kappa shape index (κ2) is 10.6. The van der Waals surface area contributed by atoms with Crippen LogP contribution in [-0.2, 0) is 14.4 Å². The maximum absolute atomic E-state index is 13.2. The van der Waals surface area contributed by atoms with E-state index in [1.165, 1.54) is 6.07 Å². The van der Waals surface area contributed by atoms with E-state index in [9.17, 15) is 23.2 Å². The molecule has 9 heteroatoms. The number of anilines is 2. The molecule has 1 atom stereocenters. The summed E-state index contributed by atoms with van der Waals surface area (Å²) in [5.41, 5.74) is 0.830. The molecule has 0 saturated carbocycles. The highest BCUT2D eigenvalue weighted by atomic mass is 19.2. The number of nitrogens with one attached hydrogen (secondary N) is 3. The van der Waals surface area contributed by atoms with Crippen LogP contribution in [0.4, 0.5) is 20.2 Å². The van der Waals surface area contributed by atoms with Gasteiger partial charge in [0.1, 0.15) is 0 Å². The molecular formula is C22H24F2N4O3. The number of nitrogens with zero attached hydrogens (tertiary/aromatic N) is 1. The zero-order chi connectivity index (χ0) is 22.2. The standard InChI is InChI=1S/C22H24F2N4O3/c23-18-9-8-17(11-19(18)24)26-20(29)12-25-21(30)14-28-10-4-5-15(13-28)22(31)27-16-6-2-1-3-7-16/h1-3,6-9,11,15H,4-5,10,12-14H2,(H,25,30)(H,26,29)(H,27,31)/t15-/m0/s1. The molecule has 2 aromatic carbocycles. The van der Waals surface area contributed by atoms with Crippen molar-refractivity contribution < 1.29 is 23.2 Å². The monoisotopic (exact) mass is 430 g/mol. The first-order valence-corrected chi connectivity index (χ1v) is 10.0. The molecule has 3 rings (SSSR count). The van der Waals surface area contributed by atoms with Gasteiger partial charge in [-0.3, -0.25) is 19.3 Å². The zero-order valence-electron chi connectivity index (χ0n) is 16.9. The molecule has 1 fully saturated rings. The molecular weight excluding hydrogens is 406 g/mol. The predicted molar refractivity (Wildman–Crippen MR) is 112 cm³/mol. The van der Waals surface area contributed by atoms with Crippen molar-refractivity contribution in [3.63, 3.8) is 0 Å². The molecule has 1 saturated heterocycles. The van der Waals surface area contributed by atoms with Gasteiger partial charge in [0, 0.05) is 24.0 Å². The Hall–Kier alpha value is -3.33. The van der Waals surface area contributed by atoms with Gasteiger partial charge in [-0.1, -0.05) is 18.2 Å². The van der Waals surface area contributed by atoms with Gasteiger partial charge in [-0.15, -0.1) is 0 Å². The van der Waals surface area contributed by atoms with E-state index in [0.29, 0.717) is 13.1 Å². The molecule has 164 valence electrons. The molecule has 0 aromatic heterocycles. The highest BCUT2D eigenvalue weighted by molar-refractivity contribution is 5.95. The first-order valence-electron chi connectivity index (χ1n) is 10.0. The fraction of sp³-hybridized carbons (Fsp3) is 0.318. The number of likely N-dealkylation sites (tertiary alicyclic amines) is 1. The summed E-state index contributed by atoms with van der Waals surface area (Å²) in [6.07, 6.45) is 1.53. The van der Waals surface area contributed by atoms with Crippen LogP contribution in [0.1, 0.15) is 12.8 Å². The Morgan fingerprint density at radius 2 is 1.71 bits per heavy atom. The second-order valence-corrected chi connectivity index (χ2v) is 7.38. The lowest BCUT2D eigenvalue weighted by atomic mass is 9.97. The Labute approximate surface area is 178 Å². The minimum atomic E-state index is -1.07. The maximum Gasteiger partial charge on any atom is 0.243 e. The van der Waals surface area contributed by atoms with Crippen molar-refractivity contribution in [3.8, 4) is 0 Å². The number of amides is 3. The summed E-state index contributed by atoms with van der Waals surface area (Å²) in [5.74, 6) is -3.30. The van der Waals surface area contributed by atoms with E-state index in [1.807, 2.05) is 35.2 Å². The summed E-state index contributed by atoms with van der Waals surface area (Å²) in [4.78, 5) is 38.5. The third-order valence-electron chi connectivity index (χ3n) is 4.93. The van der Waals surface area contributed by atoms with Gasteiger partial charge in [-0.2, -0.15) is 0 Å². The lowest BCUT2D eigenvalue weighted by molar-refractivity contribution is -0.127. The smallest absolute Gasteiger partial charge is 0.243 e. The Morgan fingerprint density at radius 1 is 0.935 bits per heavy atom. The van der Waals surface area contributed by atoms with Gasteiger partial charge in [0.15, 0.2) is 11.6 Å². The van der Waals surface area contributed by atoms with E-state index in [1.54, 1.807) is 0 Å². The van der Waals surface area contributed by atoms with Gasteiger partial charge in [0.2, 0.25) is 17.7 Å². The third kappa shape index (κ3) is 6.85. The quantitative estimate of drug-likeness (QED) is 0.629. The number of carbonyl (C=O) groups is 3. The number of hydrogen-bond donors (Lipinski definition) is 3. The Bertz CT molecular complexity index is 940. The molecule has 0 bridgehead atoms. The molecule has 3 amide bonds. The number of piperidine rings is 1. The van der Waals surface area contributed by atoms with Gasteiger partial charge in [-0.05, 0) is 43.7 Å². The second-order valence-electron chi connectivity index (χ2n) is 7.38. The highest BCUT2D eigenvalue weighted by Crippen LogP contribution is 2.18. The van der Waals surface area contributed by atoms with E-state index in [-0.39, 0.29) is 36.5 Å². The van der Waals surface area contributed by atoms with Crippen LogP contribution in [0.15, 0.2) is 48.5 Å². The summed E-state index contributed by atoms with van der Waals surface area (Å²) >= 11 is 0. The molecule has 1 heterocycles. The SMILES string of the molecule is O=C(CN1CCC[C@H](C(=O)Nc2ccccc2)C1)NCC(=O)Nc1ccc(F)c(F)c1. The zero-order valence-corrected chi connectivity index (χ0v) is 16.9. The molecule has 2 aromatic rings. The fourth-order valence-electron chi connectivity index (χ4n) is 3.40. The van der Waals surface area contributed by atoms with Crippen LogP contribution in [0.25, 0.3) is 0 Å². The average molecular weight is 430 g/mol. The largest absolute Gasteiger partial charge is 0.346 e. The summed E-state index contributed by atoms with van der Waals surface area (Å²) < 4.78 is 26.1. The average Bonchev–Trinajstić information content (AvgIpc) is 2.76. The molecule has 31 heavy (non-hydrogen) atoms. The number of benzene rings is 2. The van der Waals surface area contributed by atoms with Crippen LogP contribution in [-0.4, -0.2) is 48.8 Å². The summed E-state index contributed by atoms with van der Waals surface area (Å²) in [7, 11) is 0. The van der Waals surface area contributed by atoms with Crippen molar-refractivity contribution >= 4 is 29.1 Å². The van der Waals surface area contributed by atoms with Crippen molar-refractivity contribution in [1.29, 1.82) is 0 Å². The van der Waals surface area contributed by atoms with Gasteiger partial charge in [-0.25, -0.2) is 8.78 Å². The van der Waals surface area contributed by atoms with Crippen LogP contribution in [0.5, 0.6) is 0 Å². The molecule has 1 aliphatic rings. The first-order chi connectivity index (χ1) is 14.9. The molecule has 0 unspecified atom stereocenters. The number of halogens is 2. The van der Waals surface area contributed by atoms with Crippen LogP contribution in [0.3, 0.4) is 0 Å². The summed E-state index contributed by atoms with van der Waals surface area (Å²) in [6.45, 7) is 0.897. The Balaban J connectivity index is 1.41. The molecule has 0 aliphatic carbocycles. The number of hydrogen-bond acceptors (Lipinski definition) is 4. The van der Waals surface area contributed by atoms with Crippen molar-refractivity contribution in [2.75, 3.05) is 36.8 Å². The molecule has 3 N–H and O–H groups in total. The van der Waals surface area contributed by atoms with Crippen LogP contribution in [0.2, 0.25) is 0 Å². The lowest BCUT2D eigenvalue weighted by Crippen LogP contribution is -2.46. The Morgan fingerprint density at radius 3 is 2.45 bits per heavy atom. The van der Waals surface area contributed by atoms with Gasteiger partial charge in [0.05, 0.1) is 19.0 Å². The lowest BCUT2D eigenvalue weighted by Gasteiger charge is -2.31. The number of para-hydroxylation sites is 1. The van der Waals surface area contributed by atoms with Crippen LogP contribution < -0.4 is 16.0 Å². The van der Waals surface area contributed by atoms with Crippen LogP contribution in [0, 0.1) is 17.6 Å². The van der Waals surface area contributed by atoms with Crippen molar-refractivity contribution in [2.45, 2.75) is 12.8 Å². The molecule has 0 spiro atoms. The summed E-state index contributed by atoms with van der Waals surface area (Å²) in [6, 6.07) is 12.2. The van der Waals surface area contributed by atoms with Crippen molar-refractivity contribution in [1.82, 2.24) is 10.2 Å². The van der Waals surface area contributed by atoms with Gasteiger partial charge in [0.25, 0.3) is 0 Å². The number of carbonyl (C=O) groups excluding carboxylic acids is 3.